The maximum atomic E-state index is 12.8. The number of carbonyl (C=O) groups is 2. The van der Waals surface area contributed by atoms with Gasteiger partial charge in [0.25, 0.3) is 0 Å². The van der Waals surface area contributed by atoms with Gasteiger partial charge in [0.1, 0.15) is 5.75 Å². The van der Waals surface area contributed by atoms with Gasteiger partial charge in [-0.15, -0.1) is 0 Å². The number of fused-ring (bicyclic) bond motifs is 2. The van der Waals surface area contributed by atoms with Crippen LogP contribution in [0.3, 0.4) is 0 Å². The molecule has 2 aliphatic carbocycles. The number of hydrogen-bond acceptors (Lipinski definition) is 5. The predicted octanol–water partition coefficient (Wildman–Crippen LogP) is 7.09. The van der Waals surface area contributed by atoms with Gasteiger partial charge in [-0.25, -0.2) is 0 Å². The Hall–Kier alpha value is -3.08. The fourth-order valence-electron chi connectivity index (χ4n) is 6.46. The lowest BCUT2D eigenvalue weighted by atomic mass is 9.61. The summed E-state index contributed by atoms with van der Waals surface area (Å²) in [5, 5.41) is 0. The number of allylic oxidation sites excluding steroid dienone is 2. The van der Waals surface area contributed by atoms with Crippen LogP contribution in [0.5, 0.6) is 5.75 Å². The Morgan fingerprint density at radius 1 is 0.974 bits per heavy atom. The Balaban J connectivity index is 1.55. The molecule has 0 aromatic heterocycles. The van der Waals surface area contributed by atoms with Gasteiger partial charge in [-0.2, -0.15) is 0 Å². The molecule has 0 amide bonds. The lowest BCUT2D eigenvalue weighted by Gasteiger charge is -2.42. The van der Waals surface area contributed by atoms with Crippen LogP contribution in [-0.4, -0.2) is 25.8 Å². The first-order chi connectivity index (χ1) is 18.2. The van der Waals surface area contributed by atoms with Gasteiger partial charge in [0.15, 0.2) is 0 Å². The highest BCUT2D eigenvalue weighted by atomic mass is 16.7. The van der Waals surface area contributed by atoms with Crippen LogP contribution in [0.4, 0.5) is 0 Å². The highest BCUT2D eigenvalue weighted by Gasteiger charge is 2.44. The molecular formula is C33H42O5. The standard InChI is InChI=1S/C33H42O5/c1-6-23(2)20-33(26-10-8-7-9-11-26,21-32(3,4)31(35)36-5)27-14-16-28(17-15-27)37-22-38-30(34)29-19-24-12-13-25(29)18-24/h7-17,23-25,29H,6,18-22H2,1-5H3. The molecule has 0 radical (unpaired) electrons. The molecule has 204 valence electrons. The van der Waals surface area contributed by atoms with Crippen molar-refractivity contribution in [3.63, 3.8) is 0 Å². The average Bonchev–Trinajstić information content (AvgIpc) is 3.57. The van der Waals surface area contributed by atoms with E-state index in [1.54, 1.807) is 0 Å². The molecule has 2 aliphatic rings. The van der Waals surface area contributed by atoms with Crippen molar-refractivity contribution in [2.45, 2.75) is 65.2 Å². The molecule has 2 bridgehead atoms. The van der Waals surface area contributed by atoms with E-state index in [2.05, 4.69) is 62.4 Å². The molecule has 2 aromatic carbocycles. The zero-order chi connectivity index (χ0) is 27.3. The second kappa shape index (κ2) is 11.8. The molecular weight excluding hydrogens is 476 g/mol. The van der Waals surface area contributed by atoms with E-state index >= 15 is 0 Å². The second-order valence-electron chi connectivity index (χ2n) is 11.9. The summed E-state index contributed by atoms with van der Waals surface area (Å²) in [5.41, 5.74) is 1.23. The van der Waals surface area contributed by atoms with Crippen LogP contribution in [-0.2, 0) is 24.5 Å². The number of methoxy groups -OCH3 is 1. The molecule has 38 heavy (non-hydrogen) atoms. The Bertz CT molecular complexity index is 1120. The first-order valence-electron chi connectivity index (χ1n) is 13.9. The van der Waals surface area contributed by atoms with Crippen LogP contribution in [0.15, 0.2) is 66.7 Å². The second-order valence-corrected chi connectivity index (χ2v) is 11.9. The molecule has 5 unspecified atom stereocenters. The Morgan fingerprint density at radius 3 is 2.24 bits per heavy atom. The summed E-state index contributed by atoms with van der Waals surface area (Å²) in [7, 11) is 1.45. The molecule has 2 aromatic rings. The fraction of sp³-hybridized carbons (Fsp3) is 0.515. The molecule has 0 heterocycles. The SMILES string of the molecule is CCC(C)CC(CC(C)(C)C(=O)OC)(c1ccccc1)c1ccc(OCOC(=O)C2CC3C=CC2C3)cc1. The van der Waals surface area contributed by atoms with Gasteiger partial charge in [-0.05, 0) is 80.5 Å². The van der Waals surface area contributed by atoms with Crippen molar-refractivity contribution in [3.05, 3.63) is 77.9 Å². The quantitative estimate of drug-likeness (QED) is 0.171. The molecule has 5 nitrogen and oxygen atoms in total. The van der Waals surface area contributed by atoms with Crippen molar-refractivity contribution in [1.29, 1.82) is 0 Å². The van der Waals surface area contributed by atoms with Crippen LogP contribution >= 0.6 is 0 Å². The minimum absolute atomic E-state index is 0.0406. The number of hydrogen-bond donors (Lipinski definition) is 0. The third kappa shape index (κ3) is 5.98. The van der Waals surface area contributed by atoms with Crippen LogP contribution < -0.4 is 4.74 Å². The zero-order valence-electron chi connectivity index (χ0n) is 23.4. The van der Waals surface area contributed by atoms with E-state index in [1.165, 1.54) is 12.7 Å². The van der Waals surface area contributed by atoms with Gasteiger partial charge < -0.3 is 14.2 Å². The molecule has 0 N–H and O–H groups in total. The highest BCUT2D eigenvalue weighted by Crippen LogP contribution is 2.48. The Labute approximate surface area is 227 Å². The van der Waals surface area contributed by atoms with Crippen molar-refractivity contribution in [2.24, 2.45) is 29.1 Å². The third-order valence-electron chi connectivity index (χ3n) is 8.62. The maximum Gasteiger partial charge on any atom is 0.312 e. The number of esters is 2. The number of carbonyl (C=O) groups excluding carboxylic acids is 2. The van der Waals surface area contributed by atoms with Crippen LogP contribution in [0.1, 0.15) is 70.9 Å². The van der Waals surface area contributed by atoms with Gasteiger partial charge >= 0.3 is 11.9 Å². The third-order valence-corrected chi connectivity index (χ3v) is 8.62. The minimum atomic E-state index is -0.684. The summed E-state index contributed by atoms with van der Waals surface area (Å²) < 4.78 is 16.5. The summed E-state index contributed by atoms with van der Waals surface area (Å²) in [4.78, 5) is 25.3. The number of rotatable bonds is 12. The molecule has 0 spiro atoms. The minimum Gasteiger partial charge on any atom is -0.469 e. The van der Waals surface area contributed by atoms with Crippen molar-refractivity contribution >= 4 is 11.9 Å². The molecule has 4 rings (SSSR count). The molecule has 1 fully saturated rings. The van der Waals surface area contributed by atoms with E-state index in [4.69, 9.17) is 14.2 Å². The van der Waals surface area contributed by atoms with E-state index in [0.29, 0.717) is 29.9 Å². The first kappa shape index (κ1) is 27.9. The van der Waals surface area contributed by atoms with Gasteiger partial charge in [-0.1, -0.05) is 74.9 Å². The van der Waals surface area contributed by atoms with E-state index in [9.17, 15) is 9.59 Å². The first-order valence-corrected chi connectivity index (χ1v) is 13.9. The molecule has 1 saturated carbocycles. The Kier molecular flexibility index (Phi) is 8.64. The monoisotopic (exact) mass is 518 g/mol. The van der Waals surface area contributed by atoms with Crippen LogP contribution in [0.2, 0.25) is 0 Å². The summed E-state index contributed by atoms with van der Waals surface area (Å²) in [5.74, 6) is 1.51. The van der Waals surface area contributed by atoms with Gasteiger partial charge in [-0.3, -0.25) is 9.59 Å². The Morgan fingerprint density at radius 2 is 1.66 bits per heavy atom. The summed E-state index contributed by atoms with van der Waals surface area (Å²) >= 11 is 0. The normalized spacial score (nSPS) is 22.5. The average molecular weight is 519 g/mol. The van der Waals surface area contributed by atoms with E-state index in [0.717, 1.165) is 31.2 Å². The van der Waals surface area contributed by atoms with E-state index in [-0.39, 0.29) is 24.6 Å². The van der Waals surface area contributed by atoms with Crippen LogP contribution in [0.25, 0.3) is 0 Å². The lowest BCUT2D eigenvalue weighted by Crippen LogP contribution is -2.39. The van der Waals surface area contributed by atoms with Gasteiger partial charge in [0, 0.05) is 5.41 Å². The molecule has 5 heteroatoms. The van der Waals surface area contributed by atoms with Crippen molar-refractivity contribution in [3.8, 4) is 5.75 Å². The summed E-state index contributed by atoms with van der Waals surface area (Å²) in [6.07, 6.45) is 8.86. The number of benzene rings is 2. The van der Waals surface area contributed by atoms with E-state index < -0.39 is 10.8 Å². The van der Waals surface area contributed by atoms with Crippen molar-refractivity contribution in [1.82, 2.24) is 0 Å². The maximum absolute atomic E-state index is 12.8. The topological polar surface area (TPSA) is 61.8 Å². The highest BCUT2D eigenvalue weighted by molar-refractivity contribution is 5.76. The van der Waals surface area contributed by atoms with Crippen molar-refractivity contribution in [2.75, 3.05) is 13.9 Å². The van der Waals surface area contributed by atoms with Gasteiger partial charge in [0.05, 0.1) is 18.4 Å². The molecule has 5 atom stereocenters. The zero-order valence-corrected chi connectivity index (χ0v) is 23.4. The summed E-state index contributed by atoms with van der Waals surface area (Å²) in [6.45, 7) is 8.30. The largest absolute Gasteiger partial charge is 0.469 e. The summed E-state index contributed by atoms with van der Waals surface area (Å²) in [6, 6.07) is 18.5. The predicted molar refractivity (Wildman–Crippen MR) is 149 cm³/mol. The molecule has 0 aliphatic heterocycles. The fourth-order valence-corrected chi connectivity index (χ4v) is 6.46. The van der Waals surface area contributed by atoms with Crippen molar-refractivity contribution < 1.29 is 23.8 Å². The molecule has 0 saturated heterocycles. The van der Waals surface area contributed by atoms with Crippen LogP contribution in [0, 0.1) is 29.1 Å². The van der Waals surface area contributed by atoms with Gasteiger partial charge in [0.2, 0.25) is 6.79 Å². The lowest BCUT2D eigenvalue weighted by molar-refractivity contribution is -0.156. The smallest absolute Gasteiger partial charge is 0.312 e. The van der Waals surface area contributed by atoms with E-state index in [1.807, 2.05) is 32.0 Å². The number of ether oxygens (including phenoxy) is 3.